The number of nitrogens with zero attached hydrogens (tertiary/aromatic N) is 2. The minimum Gasteiger partial charge on any atom is -0.618 e. The molecule has 1 aliphatic heterocycles. The van der Waals surface area contributed by atoms with Crippen LogP contribution in [0, 0.1) is 11.0 Å². The molecule has 1 saturated carbocycles. The van der Waals surface area contributed by atoms with Gasteiger partial charge in [0.25, 0.3) is 5.69 Å². The molecule has 0 radical (unpaired) electrons. The van der Waals surface area contributed by atoms with Gasteiger partial charge in [-0.3, -0.25) is 4.79 Å². The van der Waals surface area contributed by atoms with E-state index in [9.17, 15) is 19.5 Å². The van der Waals surface area contributed by atoms with Crippen LogP contribution in [0.2, 0.25) is 0 Å². The van der Waals surface area contributed by atoms with Crippen LogP contribution in [-0.2, 0) is 6.61 Å². The second kappa shape index (κ2) is 8.36. The third-order valence-electron chi connectivity index (χ3n) is 6.62. The number of amides is 1. The summed E-state index contributed by atoms with van der Waals surface area (Å²) in [5.74, 6) is -0.364. The van der Waals surface area contributed by atoms with Crippen LogP contribution in [0.15, 0.2) is 60.8 Å². The maximum atomic E-state index is 13.2. The molecule has 2 fully saturated rings. The lowest BCUT2D eigenvalue weighted by Gasteiger charge is -2.19. The van der Waals surface area contributed by atoms with Crippen LogP contribution < -0.4 is 4.73 Å². The van der Waals surface area contributed by atoms with Gasteiger partial charge < -0.3 is 15.2 Å². The Morgan fingerprint density at radius 2 is 1.88 bits per heavy atom. The van der Waals surface area contributed by atoms with E-state index >= 15 is 0 Å². The summed E-state index contributed by atoms with van der Waals surface area (Å²) in [6.07, 6.45) is 3.97. The first kappa shape index (κ1) is 20.6. The molecule has 0 bridgehead atoms. The summed E-state index contributed by atoms with van der Waals surface area (Å²) in [7, 11) is 0. The Morgan fingerprint density at radius 1 is 1.06 bits per heavy atom. The number of aliphatic hydroxyl groups excluding tert-OH is 1. The van der Waals surface area contributed by atoms with Crippen molar-refractivity contribution in [3.8, 4) is 11.1 Å². The van der Waals surface area contributed by atoms with E-state index in [1.807, 2.05) is 6.07 Å². The molecule has 1 unspecified atom stereocenters. The quantitative estimate of drug-likeness (QED) is 0.487. The van der Waals surface area contributed by atoms with E-state index in [2.05, 4.69) is 36.4 Å². The van der Waals surface area contributed by atoms with Gasteiger partial charge in [-0.2, -0.15) is 4.73 Å². The summed E-state index contributed by atoms with van der Waals surface area (Å²) in [5, 5.41) is 22.0. The Hall–Kier alpha value is -3.25. The van der Waals surface area contributed by atoms with Crippen molar-refractivity contribution in [3.05, 3.63) is 94.2 Å². The first-order valence-electron chi connectivity index (χ1n) is 11.1. The summed E-state index contributed by atoms with van der Waals surface area (Å²) < 4.78 is 13.5. The minimum atomic E-state index is -0.674. The summed E-state index contributed by atoms with van der Waals surface area (Å²) >= 11 is 0. The minimum absolute atomic E-state index is 0.0717. The van der Waals surface area contributed by atoms with E-state index in [0.29, 0.717) is 19.0 Å². The molecular weight excluding hydrogens is 407 g/mol. The Balaban J connectivity index is 1.38. The maximum absolute atomic E-state index is 13.2. The molecule has 1 N–H and O–H groups in total. The molecule has 1 aromatic heterocycles. The van der Waals surface area contributed by atoms with Crippen molar-refractivity contribution in [1.29, 1.82) is 0 Å². The second-order valence-electron chi connectivity index (χ2n) is 8.73. The van der Waals surface area contributed by atoms with Crippen molar-refractivity contribution < 1.29 is 19.0 Å². The van der Waals surface area contributed by atoms with Gasteiger partial charge in [-0.1, -0.05) is 36.4 Å². The fraction of sp³-hybridized carbons (Fsp3) is 0.308. The van der Waals surface area contributed by atoms with E-state index in [0.717, 1.165) is 35.4 Å². The summed E-state index contributed by atoms with van der Waals surface area (Å²) in [4.78, 5) is 14.4. The number of aromatic nitrogens is 1. The number of carbonyl (C=O) groups excluding carboxylic acids is 1. The monoisotopic (exact) mass is 432 g/mol. The van der Waals surface area contributed by atoms with E-state index < -0.39 is 11.7 Å². The largest absolute Gasteiger partial charge is 0.618 e. The Bertz CT molecular complexity index is 1180. The molecule has 5 rings (SSSR count). The topological polar surface area (TPSA) is 67.5 Å². The van der Waals surface area contributed by atoms with Gasteiger partial charge in [-0.15, -0.1) is 0 Å². The highest BCUT2D eigenvalue weighted by atomic mass is 19.1. The molecule has 1 amide bonds. The molecule has 1 atom stereocenters. The van der Waals surface area contributed by atoms with Gasteiger partial charge in [0.05, 0.1) is 6.61 Å². The fourth-order valence-electron chi connectivity index (χ4n) is 4.80. The number of benzene rings is 2. The van der Waals surface area contributed by atoms with Gasteiger partial charge in [0.2, 0.25) is 6.20 Å². The highest BCUT2D eigenvalue weighted by Gasteiger charge is 2.32. The maximum Gasteiger partial charge on any atom is 0.319 e. The standard InChI is InChI=1S/C26H25FN2O3/c27-21-8-10-25(29(32)15-21)26(31)28-12-11-19(14-28)22-9-7-18(13-20(22)16-30)24-4-2-1-3-23(24)17-5-6-17/h1-4,7-10,13,15,17,19,30H,5-6,11-12,14,16H2. The molecule has 0 spiro atoms. The Kier molecular flexibility index (Phi) is 5.39. The van der Waals surface area contributed by atoms with Crippen LogP contribution in [0.1, 0.15) is 58.3 Å². The van der Waals surface area contributed by atoms with Crippen molar-refractivity contribution in [2.45, 2.75) is 37.7 Å². The van der Waals surface area contributed by atoms with Crippen molar-refractivity contribution in [2.24, 2.45) is 0 Å². The SMILES string of the molecule is O=C(c1ccc(F)c[n+]1[O-])N1CCC(c2ccc(-c3ccccc3C3CC3)cc2CO)C1. The van der Waals surface area contributed by atoms with E-state index in [1.54, 1.807) is 4.90 Å². The first-order chi connectivity index (χ1) is 15.5. The molecular formula is C26H25FN2O3. The van der Waals surface area contributed by atoms with Crippen LogP contribution in [-0.4, -0.2) is 29.0 Å². The first-order valence-corrected chi connectivity index (χ1v) is 11.1. The van der Waals surface area contributed by atoms with Gasteiger partial charge in [0.1, 0.15) is 0 Å². The zero-order valence-electron chi connectivity index (χ0n) is 17.7. The highest BCUT2D eigenvalue weighted by molar-refractivity contribution is 5.91. The van der Waals surface area contributed by atoms with Crippen LogP contribution in [0.4, 0.5) is 4.39 Å². The molecule has 164 valence electrons. The predicted molar refractivity (Wildman–Crippen MR) is 118 cm³/mol. The van der Waals surface area contributed by atoms with E-state index in [-0.39, 0.29) is 22.9 Å². The molecule has 2 aliphatic rings. The van der Waals surface area contributed by atoms with E-state index in [4.69, 9.17) is 0 Å². The number of hydrogen-bond acceptors (Lipinski definition) is 3. The van der Waals surface area contributed by atoms with Crippen molar-refractivity contribution >= 4 is 5.91 Å². The number of halogens is 1. The summed E-state index contributed by atoms with van der Waals surface area (Å²) in [6.45, 7) is 0.900. The zero-order chi connectivity index (χ0) is 22.2. The van der Waals surface area contributed by atoms with Gasteiger partial charge >= 0.3 is 5.91 Å². The number of carbonyl (C=O) groups is 1. The number of rotatable bonds is 5. The highest BCUT2D eigenvalue weighted by Crippen LogP contribution is 2.44. The van der Waals surface area contributed by atoms with Crippen molar-refractivity contribution in [3.63, 3.8) is 0 Å². The Morgan fingerprint density at radius 3 is 2.62 bits per heavy atom. The lowest BCUT2D eigenvalue weighted by Crippen LogP contribution is -2.41. The number of hydrogen-bond donors (Lipinski definition) is 1. The lowest BCUT2D eigenvalue weighted by molar-refractivity contribution is -0.609. The third-order valence-corrected chi connectivity index (χ3v) is 6.62. The zero-order valence-corrected chi connectivity index (χ0v) is 17.7. The summed E-state index contributed by atoms with van der Waals surface area (Å²) in [5.41, 5.74) is 5.51. The molecule has 32 heavy (non-hydrogen) atoms. The van der Waals surface area contributed by atoms with Gasteiger partial charge in [0.15, 0.2) is 5.82 Å². The molecule has 1 saturated heterocycles. The normalized spacial score (nSPS) is 18.2. The molecule has 6 heteroatoms. The molecule has 2 heterocycles. The molecule has 5 nitrogen and oxygen atoms in total. The average Bonchev–Trinajstić information content (AvgIpc) is 3.54. The van der Waals surface area contributed by atoms with Gasteiger partial charge in [-0.05, 0) is 65.1 Å². The fourth-order valence-corrected chi connectivity index (χ4v) is 4.80. The van der Waals surface area contributed by atoms with Crippen LogP contribution in [0.25, 0.3) is 11.1 Å². The van der Waals surface area contributed by atoms with Crippen LogP contribution >= 0.6 is 0 Å². The molecule has 1 aliphatic carbocycles. The molecule has 3 aromatic rings. The van der Waals surface area contributed by atoms with Gasteiger partial charge in [0, 0.05) is 25.1 Å². The molecule has 2 aromatic carbocycles. The van der Waals surface area contributed by atoms with Crippen LogP contribution in [0.5, 0.6) is 0 Å². The van der Waals surface area contributed by atoms with Gasteiger partial charge in [-0.25, -0.2) is 4.39 Å². The predicted octanol–water partition coefficient (Wildman–Crippen LogP) is 4.13. The smallest absolute Gasteiger partial charge is 0.319 e. The number of pyridine rings is 1. The second-order valence-corrected chi connectivity index (χ2v) is 8.73. The summed E-state index contributed by atoms with van der Waals surface area (Å²) in [6, 6.07) is 17.0. The number of aliphatic hydroxyl groups is 1. The lowest BCUT2D eigenvalue weighted by atomic mass is 9.89. The number of likely N-dealkylation sites (tertiary alicyclic amines) is 1. The van der Waals surface area contributed by atoms with E-state index in [1.165, 1.54) is 30.0 Å². The van der Waals surface area contributed by atoms with Crippen LogP contribution in [0.3, 0.4) is 0 Å². The van der Waals surface area contributed by atoms with Crippen molar-refractivity contribution in [2.75, 3.05) is 13.1 Å². The third kappa shape index (κ3) is 3.86. The Labute approximate surface area is 186 Å². The van der Waals surface area contributed by atoms with Crippen molar-refractivity contribution in [1.82, 2.24) is 4.90 Å². The average molecular weight is 432 g/mol.